The molecule has 0 N–H and O–H groups in total. The van der Waals surface area contributed by atoms with Crippen LogP contribution in [-0.4, -0.2) is 14.8 Å². The molecule has 3 aromatic rings. The van der Waals surface area contributed by atoms with Crippen molar-refractivity contribution in [2.45, 2.75) is 44.6 Å². The molecule has 0 aliphatic rings. The number of thiophene rings is 1. The molecule has 0 fully saturated rings. The van der Waals surface area contributed by atoms with Gasteiger partial charge in [0.1, 0.15) is 5.82 Å². The normalized spacial score (nSPS) is 11.2. The minimum atomic E-state index is -0.170. The lowest BCUT2D eigenvalue weighted by Gasteiger charge is -2.09. The molecular weight excluding hydrogens is 341 g/mol. The molecule has 3 nitrogen and oxygen atoms in total. The summed E-state index contributed by atoms with van der Waals surface area (Å²) in [5, 5.41) is 11.8. The van der Waals surface area contributed by atoms with Gasteiger partial charge in [0.15, 0.2) is 11.0 Å². The van der Waals surface area contributed by atoms with Crippen LogP contribution in [0, 0.1) is 19.7 Å². The van der Waals surface area contributed by atoms with Gasteiger partial charge >= 0.3 is 0 Å². The van der Waals surface area contributed by atoms with Gasteiger partial charge in [0, 0.05) is 28.1 Å². The molecule has 0 bridgehead atoms. The summed E-state index contributed by atoms with van der Waals surface area (Å²) in [7, 11) is 0. The van der Waals surface area contributed by atoms with Gasteiger partial charge in [0.05, 0.1) is 0 Å². The monoisotopic (exact) mass is 361 g/mol. The quantitative estimate of drug-likeness (QED) is 0.546. The van der Waals surface area contributed by atoms with Crippen LogP contribution in [-0.2, 0) is 12.3 Å². The van der Waals surface area contributed by atoms with Gasteiger partial charge in [-0.3, -0.25) is 0 Å². The van der Waals surface area contributed by atoms with Crippen LogP contribution in [0.1, 0.15) is 29.3 Å². The molecule has 3 rings (SSSR count). The number of thioether (sulfide) groups is 1. The third kappa shape index (κ3) is 3.39. The van der Waals surface area contributed by atoms with E-state index >= 15 is 0 Å². The minimum absolute atomic E-state index is 0.170. The van der Waals surface area contributed by atoms with Gasteiger partial charge in [-0.1, -0.05) is 36.9 Å². The predicted molar refractivity (Wildman–Crippen MR) is 99.1 cm³/mol. The molecule has 0 unspecified atom stereocenters. The maximum absolute atomic E-state index is 13.8. The maximum Gasteiger partial charge on any atom is 0.191 e. The van der Waals surface area contributed by atoms with E-state index in [1.165, 1.54) is 28.3 Å². The van der Waals surface area contributed by atoms with Crippen LogP contribution in [0.2, 0.25) is 0 Å². The Morgan fingerprint density at radius 3 is 2.67 bits per heavy atom. The number of hydrogen-bond acceptors (Lipinski definition) is 4. The number of halogens is 1. The summed E-state index contributed by atoms with van der Waals surface area (Å²) in [6.07, 6.45) is 1.00. The fourth-order valence-corrected chi connectivity index (χ4v) is 4.33. The summed E-state index contributed by atoms with van der Waals surface area (Å²) in [6, 6.07) is 6.88. The highest BCUT2D eigenvalue weighted by molar-refractivity contribution is 7.98. The van der Waals surface area contributed by atoms with Crippen LogP contribution in [0.3, 0.4) is 0 Å². The van der Waals surface area contributed by atoms with Crippen molar-refractivity contribution in [1.82, 2.24) is 14.8 Å². The Morgan fingerprint density at radius 2 is 2.00 bits per heavy atom. The molecule has 0 saturated carbocycles. The molecule has 0 saturated heterocycles. The largest absolute Gasteiger partial charge is 0.302 e. The van der Waals surface area contributed by atoms with Crippen LogP contribution in [0.5, 0.6) is 0 Å². The first-order valence-electron chi connectivity index (χ1n) is 7.96. The Hall–Kier alpha value is -1.66. The lowest BCUT2D eigenvalue weighted by molar-refractivity contribution is 0.615. The number of aryl methyl sites for hydroxylation is 1. The van der Waals surface area contributed by atoms with Crippen LogP contribution in [0.4, 0.5) is 4.39 Å². The van der Waals surface area contributed by atoms with Crippen LogP contribution < -0.4 is 0 Å². The first-order valence-corrected chi connectivity index (χ1v) is 9.82. The Bertz CT molecular complexity index is 839. The number of rotatable bonds is 6. The van der Waals surface area contributed by atoms with E-state index in [-0.39, 0.29) is 5.82 Å². The van der Waals surface area contributed by atoms with Crippen molar-refractivity contribution >= 4 is 23.1 Å². The van der Waals surface area contributed by atoms with E-state index in [0.717, 1.165) is 29.5 Å². The second-order valence-corrected chi connectivity index (χ2v) is 7.69. The molecule has 0 spiro atoms. The van der Waals surface area contributed by atoms with Crippen molar-refractivity contribution in [2.24, 2.45) is 0 Å². The van der Waals surface area contributed by atoms with Gasteiger partial charge in [-0.2, -0.15) is 0 Å². The Kier molecular flexibility index (Phi) is 5.36. The van der Waals surface area contributed by atoms with E-state index in [0.29, 0.717) is 11.3 Å². The van der Waals surface area contributed by atoms with Crippen molar-refractivity contribution in [2.75, 3.05) is 0 Å². The third-order valence-electron chi connectivity index (χ3n) is 4.01. The smallest absolute Gasteiger partial charge is 0.191 e. The zero-order valence-corrected chi connectivity index (χ0v) is 15.7. The number of aromatic nitrogens is 3. The zero-order chi connectivity index (χ0) is 17.1. The highest BCUT2D eigenvalue weighted by atomic mass is 32.2. The summed E-state index contributed by atoms with van der Waals surface area (Å²) < 4.78 is 16.0. The Labute approximate surface area is 149 Å². The zero-order valence-electron chi connectivity index (χ0n) is 14.0. The topological polar surface area (TPSA) is 30.7 Å². The molecule has 1 aromatic carbocycles. The first kappa shape index (κ1) is 17.2. The molecule has 0 radical (unpaired) electrons. The second kappa shape index (κ2) is 7.49. The van der Waals surface area contributed by atoms with E-state index in [1.54, 1.807) is 17.4 Å². The molecule has 0 aliphatic carbocycles. The van der Waals surface area contributed by atoms with Gasteiger partial charge in [-0.05, 0) is 37.5 Å². The fourth-order valence-electron chi connectivity index (χ4n) is 2.51. The summed E-state index contributed by atoms with van der Waals surface area (Å²) >= 11 is 3.27. The van der Waals surface area contributed by atoms with Gasteiger partial charge < -0.3 is 4.57 Å². The third-order valence-corrected chi connectivity index (χ3v) is 6.03. The number of hydrogen-bond donors (Lipinski definition) is 0. The maximum atomic E-state index is 13.8. The molecule has 0 atom stereocenters. The molecule has 0 amide bonds. The summed E-state index contributed by atoms with van der Waals surface area (Å²) in [5.41, 5.74) is 3.10. The van der Waals surface area contributed by atoms with Crippen molar-refractivity contribution in [3.63, 3.8) is 0 Å². The lowest BCUT2D eigenvalue weighted by atomic mass is 10.1. The number of benzene rings is 1. The number of nitrogens with zero attached hydrogens (tertiary/aromatic N) is 3. The van der Waals surface area contributed by atoms with E-state index < -0.39 is 0 Å². The van der Waals surface area contributed by atoms with E-state index in [9.17, 15) is 4.39 Å². The van der Waals surface area contributed by atoms with Crippen LogP contribution in [0.25, 0.3) is 11.4 Å². The predicted octanol–water partition coefficient (Wildman–Crippen LogP) is 5.46. The molecule has 6 heteroatoms. The molecule has 0 aliphatic heterocycles. The van der Waals surface area contributed by atoms with Gasteiger partial charge in [0.25, 0.3) is 0 Å². The molecule has 2 aromatic heterocycles. The molecular formula is C18H20FN3S2. The first-order chi connectivity index (χ1) is 11.6. The Morgan fingerprint density at radius 1 is 1.21 bits per heavy atom. The molecule has 2 heterocycles. The van der Waals surface area contributed by atoms with Crippen LogP contribution in [0.15, 0.2) is 34.8 Å². The van der Waals surface area contributed by atoms with Gasteiger partial charge in [0.2, 0.25) is 0 Å². The van der Waals surface area contributed by atoms with Crippen molar-refractivity contribution in [3.05, 3.63) is 51.5 Å². The van der Waals surface area contributed by atoms with Crippen molar-refractivity contribution in [1.29, 1.82) is 0 Å². The molecule has 126 valence electrons. The average Bonchev–Trinajstić information content (AvgIpc) is 3.11. The average molecular weight is 362 g/mol. The van der Waals surface area contributed by atoms with E-state index in [4.69, 9.17) is 0 Å². The summed E-state index contributed by atoms with van der Waals surface area (Å²) in [5.74, 6) is 1.29. The van der Waals surface area contributed by atoms with Crippen LogP contribution >= 0.6 is 23.1 Å². The standard InChI is InChI=1S/C18H20FN3S2/c1-4-9-22-17(15-11-23-13(3)12(15)2)20-21-18(22)24-10-14-7-5-6-8-16(14)19/h5-8,11H,4,9-10H2,1-3H3. The minimum Gasteiger partial charge on any atom is -0.302 e. The SMILES string of the molecule is CCCn1c(SCc2ccccc2F)nnc1-c1csc(C)c1C. The summed E-state index contributed by atoms with van der Waals surface area (Å²) in [4.78, 5) is 1.30. The van der Waals surface area contributed by atoms with E-state index in [1.807, 2.05) is 12.1 Å². The summed E-state index contributed by atoms with van der Waals surface area (Å²) in [6.45, 7) is 7.24. The van der Waals surface area contributed by atoms with Crippen molar-refractivity contribution in [3.8, 4) is 11.4 Å². The van der Waals surface area contributed by atoms with Gasteiger partial charge in [-0.15, -0.1) is 21.5 Å². The lowest BCUT2D eigenvalue weighted by Crippen LogP contribution is -2.02. The van der Waals surface area contributed by atoms with Crippen molar-refractivity contribution < 1.29 is 4.39 Å². The molecule has 24 heavy (non-hydrogen) atoms. The Balaban J connectivity index is 1.89. The highest BCUT2D eigenvalue weighted by Gasteiger charge is 2.17. The second-order valence-electron chi connectivity index (χ2n) is 5.67. The highest BCUT2D eigenvalue weighted by Crippen LogP contribution is 2.32. The van der Waals surface area contributed by atoms with E-state index in [2.05, 4.69) is 40.9 Å². The fraction of sp³-hybridized carbons (Fsp3) is 0.333. The van der Waals surface area contributed by atoms with Gasteiger partial charge in [-0.25, -0.2) is 4.39 Å².